The average molecular weight is 506 g/mol. The van der Waals surface area contributed by atoms with Crippen LogP contribution in [-0.2, 0) is 10.2 Å². The normalized spacial score (nSPS) is 15.5. The zero-order valence-corrected chi connectivity index (χ0v) is 21.1. The standard InChI is InChI=1S/C29H29Cl2N3O/c30-25-11-7-22(8-12-25)27(23-9-13-26(31)14-10-23)28(35)33-17-4-18-34-19-15-29(21-32,16-20-34)24-5-2-1-3-6-24/h1-3,5-14,27H,4,15-20H2,(H,33,35). The fourth-order valence-electron chi connectivity index (χ4n) is 4.80. The molecule has 1 N–H and O–H groups in total. The van der Waals surface area contributed by atoms with E-state index in [1.807, 2.05) is 42.5 Å². The second-order valence-corrected chi connectivity index (χ2v) is 9.96. The van der Waals surface area contributed by atoms with Crippen molar-refractivity contribution in [3.8, 4) is 6.07 Å². The third-order valence-corrected chi connectivity index (χ3v) is 7.37. The SMILES string of the molecule is N#CC1(c2ccccc2)CCN(CCCNC(=O)C(c2ccc(Cl)cc2)c2ccc(Cl)cc2)CC1. The third kappa shape index (κ3) is 6.24. The summed E-state index contributed by atoms with van der Waals surface area (Å²) in [5, 5.41) is 14.3. The highest BCUT2D eigenvalue weighted by Crippen LogP contribution is 2.35. The number of likely N-dealkylation sites (tertiary alicyclic amines) is 1. The molecule has 0 aliphatic carbocycles. The molecule has 0 aromatic heterocycles. The van der Waals surface area contributed by atoms with E-state index in [2.05, 4.69) is 28.4 Å². The fourth-order valence-corrected chi connectivity index (χ4v) is 5.05. The van der Waals surface area contributed by atoms with Crippen LogP contribution in [0.5, 0.6) is 0 Å². The lowest BCUT2D eigenvalue weighted by Gasteiger charge is -2.37. The van der Waals surface area contributed by atoms with Crippen LogP contribution in [0.15, 0.2) is 78.9 Å². The first-order valence-electron chi connectivity index (χ1n) is 12.0. The summed E-state index contributed by atoms with van der Waals surface area (Å²) in [7, 11) is 0. The minimum absolute atomic E-state index is 0.0409. The molecule has 0 spiro atoms. The molecular weight excluding hydrogens is 477 g/mol. The van der Waals surface area contributed by atoms with E-state index in [1.54, 1.807) is 24.3 Å². The minimum Gasteiger partial charge on any atom is -0.355 e. The number of hydrogen-bond donors (Lipinski definition) is 1. The third-order valence-electron chi connectivity index (χ3n) is 6.87. The van der Waals surface area contributed by atoms with Crippen LogP contribution in [0.4, 0.5) is 0 Å². The molecule has 0 unspecified atom stereocenters. The van der Waals surface area contributed by atoms with Gasteiger partial charge in [-0.3, -0.25) is 4.79 Å². The molecule has 180 valence electrons. The van der Waals surface area contributed by atoms with Gasteiger partial charge in [0.2, 0.25) is 5.91 Å². The van der Waals surface area contributed by atoms with Gasteiger partial charge in [0.1, 0.15) is 0 Å². The number of carbonyl (C=O) groups excluding carboxylic acids is 1. The lowest BCUT2D eigenvalue weighted by molar-refractivity contribution is -0.121. The Kier molecular flexibility index (Phi) is 8.46. The van der Waals surface area contributed by atoms with Gasteiger partial charge in [-0.25, -0.2) is 0 Å². The van der Waals surface area contributed by atoms with Crippen LogP contribution in [0.3, 0.4) is 0 Å². The van der Waals surface area contributed by atoms with Crippen LogP contribution in [-0.4, -0.2) is 37.0 Å². The molecule has 0 atom stereocenters. The molecule has 1 amide bonds. The largest absolute Gasteiger partial charge is 0.355 e. The second kappa shape index (κ2) is 11.7. The van der Waals surface area contributed by atoms with Crippen molar-refractivity contribution in [2.75, 3.05) is 26.2 Å². The van der Waals surface area contributed by atoms with Gasteiger partial charge < -0.3 is 10.2 Å². The first-order valence-corrected chi connectivity index (χ1v) is 12.7. The summed E-state index contributed by atoms with van der Waals surface area (Å²) >= 11 is 12.1. The van der Waals surface area contributed by atoms with E-state index in [1.165, 1.54) is 0 Å². The van der Waals surface area contributed by atoms with Crippen LogP contribution in [0.2, 0.25) is 10.0 Å². The van der Waals surface area contributed by atoms with Gasteiger partial charge in [-0.05, 0) is 79.9 Å². The maximum Gasteiger partial charge on any atom is 0.232 e. The quantitative estimate of drug-likeness (QED) is 0.371. The maximum atomic E-state index is 13.2. The van der Waals surface area contributed by atoms with Crippen LogP contribution in [0, 0.1) is 11.3 Å². The summed E-state index contributed by atoms with van der Waals surface area (Å²) < 4.78 is 0. The van der Waals surface area contributed by atoms with Gasteiger partial charge >= 0.3 is 0 Å². The number of benzene rings is 3. The number of nitrogens with one attached hydrogen (secondary N) is 1. The summed E-state index contributed by atoms with van der Waals surface area (Å²) in [4.78, 5) is 15.6. The molecular formula is C29H29Cl2N3O. The molecule has 4 rings (SSSR count). The van der Waals surface area contributed by atoms with Crippen molar-refractivity contribution in [2.24, 2.45) is 0 Å². The van der Waals surface area contributed by atoms with E-state index in [0.717, 1.165) is 55.6 Å². The first-order chi connectivity index (χ1) is 17.0. The van der Waals surface area contributed by atoms with Crippen LogP contribution < -0.4 is 5.32 Å². The number of rotatable bonds is 8. The first kappa shape index (κ1) is 25.3. The van der Waals surface area contributed by atoms with Gasteiger partial charge in [0, 0.05) is 16.6 Å². The van der Waals surface area contributed by atoms with E-state index < -0.39 is 11.3 Å². The molecule has 1 saturated heterocycles. The predicted molar refractivity (Wildman–Crippen MR) is 142 cm³/mol. The Labute approximate surface area is 217 Å². The van der Waals surface area contributed by atoms with Crippen molar-refractivity contribution in [3.63, 3.8) is 0 Å². The van der Waals surface area contributed by atoms with Crippen molar-refractivity contribution in [1.82, 2.24) is 10.2 Å². The van der Waals surface area contributed by atoms with Crippen molar-refractivity contribution >= 4 is 29.1 Å². The molecule has 0 radical (unpaired) electrons. The van der Waals surface area contributed by atoms with Crippen LogP contribution in [0.1, 0.15) is 41.9 Å². The number of nitrogens with zero attached hydrogens (tertiary/aromatic N) is 2. The topological polar surface area (TPSA) is 56.1 Å². The monoisotopic (exact) mass is 505 g/mol. The fraction of sp³-hybridized carbons (Fsp3) is 0.310. The summed E-state index contributed by atoms with van der Waals surface area (Å²) in [5.74, 6) is -0.470. The molecule has 4 nitrogen and oxygen atoms in total. The molecule has 3 aromatic carbocycles. The zero-order valence-electron chi connectivity index (χ0n) is 19.6. The lowest BCUT2D eigenvalue weighted by Crippen LogP contribution is -2.43. The van der Waals surface area contributed by atoms with Crippen molar-refractivity contribution < 1.29 is 4.79 Å². The van der Waals surface area contributed by atoms with Gasteiger partial charge in [0.25, 0.3) is 0 Å². The molecule has 6 heteroatoms. The van der Waals surface area contributed by atoms with Gasteiger partial charge in [-0.1, -0.05) is 77.8 Å². The second-order valence-electron chi connectivity index (χ2n) is 9.08. The highest BCUT2D eigenvalue weighted by molar-refractivity contribution is 6.30. The van der Waals surface area contributed by atoms with Gasteiger partial charge in [-0.15, -0.1) is 0 Å². The zero-order chi connectivity index (χ0) is 24.7. The minimum atomic E-state index is -0.429. The van der Waals surface area contributed by atoms with Gasteiger partial charge in [-0.2, -0.15) is 5.26 Å². The molecule has 1 aliphatic rings. The van der Waals surface area contributed by atoms with E-state index >= 15 is 0 Å². The Morgan fingerprint density at radius 2 is 1.46 bits per heavy atom. The van der Waals surface area contributed by atoms with E-state index in [0.29, 0.717) is 16.6 Å². The smallest absolute Gasteiger partial charge is 0.232 e. The van der Waals surface area contributed by atoms with Crippen LogP contribution in [0.25, 0.3) is 0 Å². The summed E-state index contributed by atoms with van der Waals surface area (Å²) in [6.45, 7) is 3.25. The summed E-state index contributed by atoms with van der Waals surface area (Å²) in [6, 6.07) is 27.5. The highest BCUT2D eigenvalue weighted by atomic mass is 35.5. The Morgan fingerprint density at radius 1 is 0.914 bits per heavy atom. The average Bonchev–Trinajstić information content (AvgIpc) is 2.90. The van der Waals surface area contributed by atoms with E-state index in [4.69, 9.17) is 23.2 Å². The molecule has 0 bridgehead atoms. The summed E-state index contributed by atoms with van der Waals surface area (Å²) in [5.41, 5.74) is 2.50. The lowest BCUT2D eigenvalue weighted by atomic mass is 9.74. The van der Waals surface area contributed by atoms with Crippen LogP contribution >= 0.6 is 23.2 Å². The Balaban J connectivity index is 1.31. The molecule has 1 fully saturated rings. The Morgan fingerprint density at radius 3 is 1.97 bits per heavy atom. The number of halogens is 2. The van der Waals surface area contributed by atoms with Gasteiger partial charge in [0.05, 0.1) is 17.4 Å². The number of amides is 1. The molecule has 0 saturated carbocycles. The molecule has 3 aromatic rings. The Hall–Kier alpha value is -2.84. The van der Waals surface area contributed by atoms with Gasteiger partial charge in [0.15, 0.2) is 0 Å². The molecule has 1 aliphatic heterocycles. The summed E-state index contributed by atoms with van der Waals surface area (Å²) in [6.07, 6.45) is 2.51. The van der Waals surface area contributed by atoms with E-state index in [-0.39, 0.29) is 5.91 Å². The number of carbonyl (C=O) groups is 1. The molecule has 35 heavy (non-hydrogen) atoms. The number of piperidine rings is 1. The van der Waals surface area contributed by atoms with Crippen molar-refractivity contribution in [2.45, 2.75) is 30.6 Å². The predicted octanol–water partition coefficient (Wildman–Crippen LogP) is 6.19. The van der Waals surface area contributed by atoms with E-state index in [9.17, 15) is 10.1 Å². The maximum absolute atomic E-state index is 13.2. The van der Waals surface area contributed by atoms with Crippen molar-refractivity contribution in [1.29, 1.82) is 5.26 Å². The highest BCUT2D eigenvalue weighted by Gasteiger charge is 2.36. The number of hydrogen-bond acceptors (Lipinski definition) is 3. The molecule has 1 heterocycles. The number of nitriles is 1. The van der Waals surface area contributed by atoms with Crippen molar-refractivity contribution in [3.05, 3.63) is 106 Å². The Bertz CT molecular complexity index is 1100.